The smallest absolute Gasteiger partial charge is 0.0134 e. The highest BCUT2D eigenvalue weighted by molar-refractivity contribution is 5.20. The molecular weight excluding hydrogens is 288 g/mol. The molecule has 0 N–H and O–H groups in total. The zero-order valence-corrected chi connectivity index (χ0v) is 16.5. The predicted octanol–water partition coefficient (Wildman–Crippen LogP) is 8.13. The van der Waals surface area contributed by atoms with Crippen LogP contribution in [0.15, 0.2) is 30.3 Å². The van der Waals surface area contributed by atoms with Crippen LogP contribution < -0.4 is 0 Å². The van der Waals surface area contributed by atoms with E-state index in [1.165, 1.54) is 77.0 Å². The monoisotopic (exact) mass is 328 g/mol. The van der Waals surface area contributed by atoms with Crippen molar-refractivity contribution in [2.24, 2.45) is 11.3 Å². The lowest BCUT2D eigenvalue weighted by atomic mass is 9.62. The average molecular weight is 329 g/mol. The highest BCUT2D eigenvalue weighted by Gasteiger charge is 2.36. The van der Waals surface area contributed by atoms with Crippen molar-refractivity contribution in [3.63, 3.8) is 0 Å². The van der Waals surface area contributed by atoms with Gasteiger partial charge in [0, 0.05) is 0 Å². The van der Waals surface area contributed by atoms with Crippen molar-refractivity contribution in [1.29, 1.82) is 0 Å². The topological polar surface area (TPSA) is 0 Å². The molecule has 1 atom stereocenters. The number of hydrogen-bond acceptors (Lipinski definition) is 0. The van der Waals surface area contributed by atoms with Gasteiger partial charge in [-0.2, -0.15) is 0 Å². The van der Waals surface area contributed by atoms with E-state index in [1.807, 2.05) is 0 Å². The Morgan fingerprint density at radius 2 is 1.46 bits per heavy atom. The van der Waals surface area contributed by atoms with Crippen molar-refractivity contribution in [3.8, 4) is 0 Å². The lowest BCUT2D eigenvalue weighted by Crippen LogP contribution is -2.30. The van der Waals surface area contributed by atoms with Crippen LogP contribution in [0.25, 0.3) is 0 Å². The van der Waals surface area contributed by atoms with Crippen LogP contribution in [-0.4, -0.2) is 0 Å². The Morgan fingerprint density at radius 1 is 0.875 bits per heavy atom. The summed E-state index contributed by atoms with van der Waals surface area (Å²) in [5.74, 6) is 1.72. The van der Waals surface area contributed by atoms with Gasteiger partial charge in [-0.3, -0.25) is 0 Å². The molecule has 24 heavy (non-hydrogen) atoms. The molecule has 0 aromatic heterocycles. The summed E-state index contributed by atoms with van der Waals surface area (Å²) in [5.41, 5.74) is 2.29. The van der Waals surface area contributed by atoms with Crippen LogP contribution in [0.3, 0.4) is 0 Å². The van der Waals surface area contributed by atoms with Crippen molar-refractivity contribution in [2.45, 2.75) is 104 Å². The maximum atomic E-state index is 2.37. The first-order valence-electron chi connectivity index (χ1n) is 10.8. The standard InChI is InChI=1S/C24H40/c1-4-7-17-24(18-8-5-2)19-15-22(16-20-24)23(12-6-3)21-13-10-9-11-14-21/h9-11,13-14,22-23H,4-8,12,15-20H2,1-3H3. The summed E-state index contributed by atoms with van der Waals surface area (Å²) in [6, 6.07) is 11.4. The first kappa shape index (κ1) is 19.5. The Morgan fingerprint density at radius 3 is 1.96 bits per heavy atom. The Kier molecular flexibility index (Phi) is 8.36. The first-order valence-corrected chi connectivity index (χ1v) is 10.8. The van der Waals surface area contributed by atoms with E-state index in [9.17, 15) is 0 Å². The Hall–Kier alpha value is -0.780. The summed E-state index contributed by atoms with van der Waals surface area (Å²) in [6.45, 7) is 7.06. The van der Waals surface area contributed by atoms with Crippen LogP contribution in [0, 0.1) is 11.3 Å². The molecule has 1 aliphatic carbocycles. The summed E-state index contributed by atoms with van der Waals surface area (Å²) < 4.78 is 0. The second kappa shape index (κ2) is 10.3. The van der Waals surface area contributed by atoms with Gasteiger partial charge < -0.3 is 0 Å². The highest BCUT2D eigenvalue weighted by atomic mass is 14.4. The second-order valence-corrected chi connectivity index (χ2v) is 8.35. The van der Waals surface area contributed by atoms with Crippen LogP contribution in [0.1, 0.15) is 109 Å². The average Bonchev–Trinajstić information content (AvgIpc) is 2.64. The highest BCUT2D eigenvalue weighted by Crippen LogP contribution is 2.50. The normalized spacial score (nSPS) is 19.3. The van der Waals surface area contributed by atoms with E-state index < -0.39 is 0 Å². The quantitative estimate of drug-likeness (QED) is 0.406. The van der Waals surface area contributed by atoms with Gasteiger partial charge >= 0.3 is 0 Å². The Labute approximate surface area is 151 Å². The van der Waals surface area contributed by atoms with Gasteiger partial charge in [0.2, 0.25) is 0 Å². The second-order valence-electron chi connectivity index (χ2n) is 8.35. The van der Waals surface area contributed by atoms with Crippen molar-refractivity contribution in [3.05, 3.63) is 35.9 Å². The summed E-state index contributed by atoms with van der Waals surface area (Å²) in [4.78, 5) is 0. The summed E-state index contributed by atoms with van der Waals surface area (Å²) in [7, 11) is 0. The lowest BCUT2D eigenvalue weighted by Gasteiger charge is -2.43. The molecule has 0 nitrogen and oxygen atoms in total. The van der Waals surface area contributed by atoms with Gasteiger partial charge in [-0.05, 0) is 67.8 Å². The van der Waals surface area contributed by atoms with Gasteiger partial charge in [-0.15, -0.1) is 0 Å². The minimum Gasteiger partial charge on any atom is -0.0654 e. The molecule has 0 bridgehead atoms. The van der Waals surface area contributed by atoms with Crippen LogP contribution in [-0.2, 0) is 0 Å². The van der Waals surface area contributed by atoms with E-state index in [-0.39, 0.29) is 0 Å². The third-order valence-electron chi connectivity index (χ3n) is 6.61. The minimum absolute atomic E-state index is 0.690. The molecule has 0 aliphatic heterocycles. The Balaban J connectivity index is 2.01. The van der Waals surface area contributed by atoms with Crippen LogP contribution in [0.4, 0.5) is 0 Å². The zero-order valence-electron chi connectivity index (χ0n) is 16.5. The summed E-state index contributed by atoms with van der Waals surface area (Å²) >= 11 is 0. The van der Waals surface area contributed by atoms with E-state index in [1.54, 1.807) is 5.56 Å². The fourth-order valence-corrected chi connectivity index (χ4v) is 5.07. The van der Waals surface area contributed by atoms with Gasteiger partial charge in [0.1, 0.15) is 0 Å². The molecule has 1 unspecified atom stereocenters. The Bertz CT molecular complexity index is 415. The molecule has 0 spiro atoms. The fraction of sp³-hybridized carbons (Fsp3) is 0.750. The SMILES string of the molecule is CCCCC1(CCCC)CCC(C(CCC)c2ccccc2)CC1. The van der Waals surface area contributed by atoms with E-state index in [2.05, 4.69) is 51.1 Å². The summed E-state index contributed by atoms with van der Waals surface area (Å²) in [6.07, 6.45) is 17.2. The zero-order chi connectivity index (χ0) is 17.3. The number of hydrogen-bond donors (Lipinski definition) is 0. The molecule has 136 valence electrons. The molecule has 0 heterocycles. The molecule has 0 radical (unpaired) electrons. The van der Waals surface area contributed by atoms with Crippen LogP contribution in [0.2, 0.25) is 0 Å². The molecule has 0 saturated heterocycles. The van der Waals surface area contributed by atoms with E-state index >= 15 is 0 Å². The van der Waals surface area contributed by atoms with Crippen molar-refractivity contribution >= 4 is 0 Å². The minimum atomic E-state index is 0.690. The third kappa shape index (κ3) is 5.36. The summed E-state index contributed by atoms with van der Waals surface area (Å²) in [5, 5.41) is 0. The number of unbranched alkanes of at least 4 members (excludes halogenated alkanes) is 2. The van der Waals surface area contributed by atoms with Crippen molar-refractivity contribution < 1.29 is 0 Å². The van der Waals surface area contributed by atoms with Gasteiger partial charge in [0.15, 0.2) is 0 Å². The van der Waals surface area contributed by atoms with Gasteiger partial charge in [0.25, 0.3) is 0 Å². The maximum absolute atomic E-state index is 2.37. The van der Waals surface area contributed by atoms with Crippen molar-refractivity contribution in [2.75, 3.05) is 0 Å². The molecule has 1 saturated carbocycles. The molecule has 1 aliphatic rings. The van der Waals surface area contributed by atoms with Gasteiger partial charge in [-0.25, -0.2) is 0 Å². The molecular formula is C24H40. The number of benzene rings is 1. The van der Waals surface area contributed by atoms with E-state index in [0.717, 1.165) is 11.8 Å². The largest absolute Gasteiger partial charge is 0.0654 e. The van der Waals surface area contributed by atoms with Crippen LogP contribution in [0.5, 0.6) is 0 Å². The third-order valence-corrected chi connectivity index (χ3v) is 6.61. The molecule has 1 aromatic rings. The predicted molar refractivity (Wildman–Crippen MR) is 108 cm³/mol. The molecule has 2 rings (SSSR count). The van der Waals surface area contributed by atoms with Crippen molar-refractivity contribution in [1.82, 2.24) is 0 Å². The maximum Gasteiger partial charge on any atom is -0.0134 e. The molecule has 0 amide bonds. The van der Waals surface area contributed by atoms with E-state index in [0.29, 0.717) is 5.41 Å². The first-order chi connectivity index (χ1) is 11.7. The van der Waals surface area contributed by atoms with Gasteiger partial charge in [-0.1, -0.05) is 83.2 Å². The fourth-order valence-electron chi connectivity index (χ4n) is 5.07. The van der Waals surface area contributed by atoms with Crippen LogP contribution >= 0.6 is 0 Å². The lowest BCUT2D eigenvalue weighted by molar-refractivity contribution is 0.105. The molecule has 1 aromatic carbocycles. The molecule has 0 heteroatoms. The molecule has 1 fully saturated rings. The van der Waals surface area contributed by atoms with Gasteiger partial charge in [0.05, 0.1) is 0 Å². The number of rotatable bonds is 10. The van der Waals surface area contributed by atoms with E-state index in [4.69, 9.17) is 0 Å².